The molecule has 0 aliphatic rings. The van der Waals surface area contributed by atoms with Crippen molar-refractivity contribution in [3.63, 3.8) is 0 Å². The van der Waals surface area contributed by atoms with E-state index in [9.17, 15) is 4.39 Å². The van der Waals surface area contributed by atoms with E-state index in [1.54, 1.807) is 0 Å². The van der Waals surface area contributed by atoms with Crippen LogP contribution in [0.3, 0.4) is 0 Å². The summed E-state index contributed by atoms with van der Waals surface area (Å²) in [4.78, 5) is 4.10. The van der Waals surface area contributed by atoms with E-state index in [0.717, 1.165) is 0 Å². The Morgan fingerprint density at radius 3 is 1.32 bits per heavy atom. The summed E-state index contributed by atoms with van der Waals surface area (Å²) < 4.78 is 9.50. The van der Waals surface area contributed by atoms with Crippen molar-refractivity contribution in [1.82, 2.24) is 0 Å². The van der Waals surface area contributed by atoms with Gasteiger partial charge < -0.3 is 0 Å². The normalized spacial score (nSPS) is 10.0. The second kappa shape index (κ2) is 8.40. The third kappa shape index (κ3) is 3.99. The Morgan fingerprint density at radius 2 is 0.909 bits per heavy atom. The first-order valence-corrected chi connectivity index (χ1v) is 8.36. The molecule has 22 heavy (non-hydrogen) atoms. The Balaban J connectivity index is 0.000000847. The van der Waals surface area contributed by atoms with Gasteiger partial charge in [-0.25, -0.2) is 0 Å². The highest BCUT2D eigenvalue weighted by atomic mass is 32.2. The zero-order valence-electron chi connectivity index (χ0n) is 12.9. The van der Waals surface area contributed by atoms with E-state index in [-0.39, 0.29) is 10.9 Å². The minimum absolute atomic E-state index is 0.0229. The second-order valence-corrected chi connectivity index (χ2v) is 6.77. The number of aryl methyl sites for hydroxylation is 1. The number of hydrogen-bond donors (Lipinski definition) is 0. The predicted molar refractivity (Wildman–Crippen MR) is 93.3 cm³/mol. The van der Waals surface area contributed by atoms with E-state index in [1.807, 2.05) is 0 Å². The van der Waals surface area contributed by atoms with E-state index in [2.05, 4.69) is 91.9 Å². The Hall–Kier alpha value is -2.06. The van der Waals surface area contributed by atoms with Crippen LogP contribution in [0, 0.1) is 6.92 Å². The molecule has 2 heteroatoms. The fraction of sp³-hybridized carbons (Fsp3) is 0.100. The molecule has 3 aromatic rings. The summed E-state index contributed by atoms with van der Waals surface area (Å²) in [6.45, 7) is 2.13. The van der Waals surface area contributed by atoms with Gasteiger partial charge in [0.2, 0.25) is 0 Å². The maximum Gasteiger partial charge on any atom is 0.166 e. The van der Waals surface area contributed by atoms with Crippen molar-refractivity contribution in [2.75, 3.05) is 7.18 Å². The van der Waals surface area contributed by atoms with Crippen molar-refractivity contribution in [3.05, 3.63) is 90.5 Å². The Labute approximate surface area is 135 Å². The maximum absolute atomic E-state index is 9.50. The van der Waals surface area contributed by atoms with Crippen molar-refractivity contribution < 1.29 is 4.39 Å². The van der Waals surface area contributed by atoms with Gasteiger partial charge in [-0.2, -0.15) is 0 Å². The van der Waals surface area contributed by atoms with Crippen LogP contribution in [0.25, 0.3) is 0 Å². The first kappa shape index (κ1) is 16.3. The van der Waals surface area contributed by atoms with Crippen LogP contribution in [-0.4, -0.2) is 7.18 Å². The first-order valence-electron chi connectivity index (χ1n) is 7.13. The summed E-state index contributed by atoms with van der Waals surface area (Å²) in [7, 11) is 0.477. The molecule has 0 bridgehead atoms. The van der Waals surface area contributed by atoms with Crippen LogP contribution in [-0.2, 0) is 10.9 Å². The molecule has 0 aromatic heterocycles. The topological polar surface area (TPSA) is 0 Å². The van der Waals surface area contributed by atoms with Gasteiger partial charge in [-0.3, -0.25) is 4.39 Å². The number of rotatable bonds is 3. The molecule has 0 saturated heterocycles. The van der Waals surface area contributed by atoms with Gasteiger partial charge in [-0.15, -0.1) is 0 Å². The summed E-state index contributed by atoms with van der Waals surface area (Å²) >= 11 is 0. The Morgan fingerprint density at radius 1 is 0.545 bits per heavy atom. The molecule has 112 valence electrons. The maximum atomic E-state index is 9.50. The largest absolute Gasteiger partial charge is 0.255 e. The first-order chi connectivity index (χ1) is 10.8. The number of halogens is 1. The molecular formula is C20H20FS+. The van der Waals surface area contributed by atoms with Gasteiger partial charge in [0.05, 0.1) is 18.1 Å². The second-order valence-electron chi connectivity index (χ2n) is 4.75. The quantitative estimate of drug-likeness (QED) is 0.546. The summed E-state index contributed by atoms with van der Waals surface area (Å²) in [5.74, 6) is 0. The third-order valence-corrected chi connectivity index (χ3v) is 5.45. The number of benzene rings is 3. The Bertz CT molecular complexity index is 624. The van der Waals surface area contributed by atoms with Crippen molar-refractivity contribution in [3.8, 4) is 0 Å². The predicted octanol–water partition coefficient (Wildman–Crippen LogP) is 5.68. The minimum Gasteiger partial charge on any atom is -0.255 e. The summed E-state index contributed by atoms with van der Waals surface area (Å²) in [5.41, 5.74) is 1.30. The molecule has 0 heterocycles. The van der Waals surface area contributed by atoms with Gasteiger partial charge in [0, 0.05) is 0 Å². The lowest BCUT2D eigenvalue weighted by Crippen LogP contribution is -2.04. The van der Waals surface area contributed by atoms with Gasteiger partial charge in [0.1, 0.15) is 0 Å². The molecule has 3 rings (SSSR count). The van der Waals surface area contributed by atoms with Crippen LogP contribution in [0.4, 0.5) is 4.39 Å². The molecule has 0 aliphatic carbocycles. The van der Waals surface area contributed by atoms with Crippen molar-refractivity contribution in [2.24, 2.45) is 0 Å². The van der Waals surface area contributed by atoms with Gasteiger partial charge in [-0.1, -0.05) is 54.1 Å². The fourth-order valence-corrected chi connectivity index (χ4v) is 4.28. The average Bonchev–Trinajstić information content (AvgIpc) is 2.61. The zero-order chi connectivity index (χ0) is 15.8. The molecule has 0 atom stereocenters. The van der Waals surface area contributed by atoms with E-state index >= 15 is 0 Å². The van der Waals surface area contributed by atoms with Crippen LogP contribution < -0.4 is 0 Å². The van der Waals surface area contributed by atoms with Crippen LogP contribution in [0.1, 0.15) is 5.56 Å². The number of hydrogen-bond acceptors (Lipinski definition) is 0. The lowest BCUT2D eigenvalue weighted by molar-refractivity contribution is 0.636. The SMILES string of the molecule is CF.Cc1ccc([S+](c2ccccc2)c2ccccc2)cc1. The highest BCUT2D eigenvalue weighted by Crippen LogP contribution is 2.30. The average molecular weight is 311 g/mol. The minimum atomic E-state index is -0.0229. The van der Waals surface area contributed by atoms with E-state index in [4.69, 9.17) is 0 Å². The molecule has 0 saturated carbocycles. The Kier molecular flexibility index (Phi) is 6.23. The van der Waals surface area contributed by atoms with Gasteiger partial charge in [-0.05, 0) is 43.3 Å². The lowest BCUT2D eigenvalue weighted by atomic mass is 10.2. The lowest BCUT2D eigenvalue weighted by Gasteiger charge is -2.07. The third-order valence-electron chi connectivity index (χ3n) is 3.21. The van der Waals surface area contributed by atoms with Crippen LogP contribution in [0.5, 0.6) is 0 Å². The molecular weight excluding hydrogens is 291 g/mol. The van der Waals surface area contributed by atoms with Gasteiger partial charge >= 0.3 is 0 Å². The van der Waals surface area contributed by atoms with E-state index in [0.29, 0.717) is 7.18 Å². The summed E-state index contributed by atoms with van der Waals surface area (Å²) in [6.07, 6.45) is 0. The zero-order valence-corrected chi connectivity index (χ0v) is 13.7. The number of alkyl halides is 1. The highest BCUT2D eigenvalue weighted by molar-refractivity contribution is 7.97. The van der Waals surface area contributed by atoms with Crippen molar-refractivity contribution in [1.29, 1.82) is 0 Å². The molecule has 0 unspecified atom stereocenters. The van der Waals surface area contributed by atoms with E-state index < -0.39 is 0 Å². The molecule has 0 spiro atoms. The fourth-order valence-electron chi connectivity index (χ4n) is 2.20. The van der Waals surface area contributed by atoms with Crippen molar-refractivity contribution >= 4 is 10.9 Å². The van der Waals surface area contributed by atoms with E-state index in [1.165, 1.54) is 20.2 Å². The van der Waals surface area contributed by atoms with Gasteiger partial charge in [0.15, 0.2) is 14.7 Å². The molecule has 3 aromatic carbocycles. The summed E-state index contributed by atoms with van der Waals surface area (Å²) in [5, 5.41) is 0. The van der Waals surface area contributed by atoms with Crippen LogP contribution in [0.2, 0.25) is 0 Å². The molecule has 0 aliphatic heterocycles. The smallest absolute Gasteiger partial charge is 0.166 e. The molecule has 0 radical (unpaired) electrons. The monoisotopic (exact) mass is 311 g/mol. The molecule has 0 fully saturated rings. The summed E-state index contributed by atoms with van der Waals surface area (Å²) in [6, 6.07) is 30.4. The van der Waals surface area contributed by atoms with Crippen molar-refractivity contribution in [2.45, 2.75) is 21.6 Å². The highest BCUT2D eigenvalue weighted by Gasteiger charge is 2.27. The molecule has 0 amide bonds. The standard InChI is InChI=1S/C19H17S.CH3F/c1-16-12-14-19(15-13-16)20(17-8-4-2-5-9-17)18-10-6-3-7-11-18;1-2/h2-15H,1H3;1H3/q+1;. The molecule has 0 nitrogen and oxygen atoms in total. The van der Waals surface area contributed by atoms with Gasteiger partial charge in [0.25, 0.3) is 0 Å². The molecule has 0 N–H and O–H groups in total. The van der Waals surface area contributed by atoms with Crippen LogP contribution >= 0.6 is 0 Å². The van der Waals surface area contributed by atoms with Crippen LogP contribution in [0.15, 0.2) is 99.6 Å².